The van der Waals surface area contributed by atoms with Crippen LogP contribution in [-0.2, 0) is 4.79 Å². The summed E-state index contributed by atoms with van der Waals surface area (Å²) in [7, 11) is 0. The standard InChI is InChI=1S/C10H21N3O/c1-7-6-13(5-4-12-7)10(14)8(2)9(3)11/h7-9,12H,4-6,11H2,1-3H3. The van der Waals surface area contributed by atoms with E-state index in [9.17, 15) is 4.79 Å². The lowest BCUT2D eigenvalue weighted by Gasteiger charge is -2.34. The first-order chi connectivity index (χ1) is 6.52. The Morgan fingerprint density at radius 2 is 2.21 bits per heavy atom. The fourth-order valence-corrected chi connectivity index (χ4v) is 1.65. The van der Waals surface area contributed by atoms with Crippen LogP contribution in [0.15, 0.2) is 0 Å². The molecule has 4 nitrogen and oxygen atoms in total. The van der Waals surface area contributed by atoms with Crippen LogP contribution in [0.5, 0.6) is 0 Å². The number of carbonyl (C=O) groups is 1. The topological polar surface area (TPSA) is 58.4 Å². The summed E-state index contributed by atoms with van der Waals surface area (Å²) in [4.78, 5) is 13.8. The van der Waals surface area contributed by atoms with Crippen molar-refractivity contribution >= 4 is 5.91 Å². The fraction of sp³-hybridized carbons (Fsp3) is 0.900. The van der Waals surface area contributed by atoms with E-state index in [4.69, 9.17) is 5.73 Å². The Bertz CT molecular complexity index is 206. The van der Waals surface area contributed by atoms with Crippen LogP contribution in [0, 0.1) is 5.92 Å². The Hall–Kier alpha value is -0.610. The average molecular weight is 199 g/mol. The number of piperazine rings is 1. The number of carbonyl (C=O) groups excluding carboxylic acids is 1. The lowest BCUT2D eigenvalue weighted by atomic mass is 10.0. The molecule has 1 amide bonds. The van der Waals surface area contributed by atoms with E-state index in [0.717, 1.165) is 19.6 Å². The summed E-state index contributed by atoms with van der Waals surface area (Å²) in [5.74, 6) is 0.119. The molecule has 3 N–H and O–H groups in total. The number of hydrogen-bond acceptors (Lipinski definition) is 3. The molecule has 0 aliphatic carbocycles. The van der Waals surface area contributed by atoms with E-state index < -0.39 is 0 Å². The van der Waals surface area contributed by atoms with Crippen molar-refractivity contribution in [2.24, 2.45) is 11.7 Å². The van der Waals surface area contributed by atoms with Gasteiger partial charge in [-0.1, -0.05) is 6.92 Å². The van der Waals surface area contributed by atoms with Crippen LogP contribution < -0.4 is 11.1 Å². The molecular weight excluding hydrogens is 178 g/mol. The minimum Gasteiger partial charge on any atom is -0.340 e. The molecule has 0 radical (unpaired) electrons. The lowest BCUT2D eigenvalue weighted by Crippen LogP contribution is -2.54. The second kappa shape index (κ2) is 4.75. The van der Waals surface area contributed by atoms with Crippen molar-refractivity contribution in [2.45, 2.75) is 32.9 Å². The van der Waals surface area contributed by atoms with Crippen LogP contribution in [0.1, 0.15) is 20.8 Å². The molecule has 0 aromatic rings. The summed E-state index contributed by atoms with van der Waals surface area (Å²) in [5.41, 5.74) is 5.72. The van der Waals surface area contributed by atoms with Crippen LogP contribution in [-0.4, -0.2) is 42.5 Å². The first kappa shape index (κ1) is 11.5. The minimum absolute atomic E-state index is 0.0623. The van der Waals surface area contributed by atoms with E-state index in [-0.39, 0.29) is 17.9 Å². The van der Waals surface area contributed by atoms with Gasteiger partial charge in [-0.05, 0) is 13.8 Å². The van der Waals surface area contributed by atoms with Gasteiger partial charge >= 0.3 is 0 Å². The predicted octanol–water partition coefficient (Wildman–Crippen LogP) is -0.210. The molecule has 1 rings (SSSR count). The number of nitrogens with zero attached hydrogens (tertiary/aromatic N) is 1. The normalized spacial score (nSPS) is 27.1. The molecule has 0 aromatic carbocycles. The molecule has 1 aliphatic heterocycles. The molecule has 3 atom stereocenters. The smallest absolute Gasteiger partial charge is 0.227 e. The number of nitrogens with two attached hydrogens (primary N) is 1. The molecule has 0 bridgehead atoms. The number of rotatable bonds is 2. The van der Waals surface area contributed by atoms with Gasteiger partial charge in [-0.2, -0.15) is 0 Å². The van der Waals surface area contributed by atoms with Crippen LogP contribution >= 0.6 is 0 Å². The van der Waals surface area contributed by atoms with Crippen molar-refractivity contribution in [3.05, 3.63) is 0 Å². The minimum atomic E-state index is -0.0692. The molecule has 1 saturated heterocycles. The third-order valence-corrected chi connectivity index (χ3v) is 2.86. The Kier molecular flexibility index (Phi) is 3.89. The zero-order chi connectivity index (χ0) is 10.7. The van der Waals surface area contributed by atoms with Gasteiger partial charge in [0.05, 0.1) is 5.92 Å². The van der Waals surface area contributed by atoms with E-state index in [1.807, 2.05) is 18.7 Å². The summed E-state index contributed by atoms with van der Waals surface area (Å²) < 4.78 is 0. The van der Waals surface area contributed by atoms with E-state index in [0.29, 0.717) is 6.04 Å². The van der Waals surface area contributed by atoms with Crippen molar-refractivity contribution < 1.29 is 4.79 Å². The van der Waals surface area contributed by atoms with Gasteiger partial charge in [0.15, 0.2) is 0 Å². The molecular formula is C10H21N3O. The summed E-state index contributed by atoms with van der Waals surface area (Å²) in [6, 6.07) is 0.334. The van der Waals surface area contributed by atoms with Gasteiger partial charge in [-0.25, -0.2) is 0 Å². The zero-order valence-electron chi connectivity index (χ0n) is 9.29. The van der Waals surface area contributed by atoms with E-state index in [2.05, 4.69) is 12.2 Å². The van der Waals surface area contributed by atoms with E-state index in [1.165, 1.54) is 0 Å². The first-order valence-corrected chi connectivity index (χ1v) is 5.30. The highest BCUT2D eigenvalue weighted by atomic mass is 16.2. The van der Waals surface area contributed by atoms with Crippen LogP contribution in [0.4, 0.5) is 0 Å². The first-order valence-electron chi connectivity index (χ1n) is 5.30. The van der Waals surface area contributed by atoms with Crippen LogP contribution in [0.3, 0.4) is 0 Å². The third kappa shape index (κ3) is 2.69. The Morgan fingerprint density at radius 3 is 2.71 bits per heavy atom. The van der Waals surface area contributed by atoms with Crippen molar-refractivity contribution in [1.82, 2.24) is 10.2 Å². The number of amides is 1. The van der Waals surface area contributed by atoms with Crippen molar-refractivity contribution in [3.8, 4) is 0 Å². The monoisotopic (exact) mass is 199 g/mol. The fourth-order valence-electron chi connectivity index (χ4n) is 1.65. The van der Waals surface area contributed by atoms with E-state index >= 15 is 0 Å². The highest BCUT2D eigenvalue weighted by molar-refractivity contribution is 5.79. The van der Waals surface area contributed by atoms with Gasteiger partial charge in [-0.15, -0.1) is 0 Å². The molecule has 1 fully saturated rings. The second-order valence-electron chi connectivity index (χ2n) is 4.29. The van der Waals surface area contributed by atoms with Gasteiger partial charge < -0.3 is 16.0 Å². The van der Waals surface area contributed by atoms with Gasteiger partial charge in [-0.3, -0.25) is 4.79 Å². The molecule has 0 spiro atoms. The van der Waals surface area contributed by atoms with Gasteiger partial charge in [0, 0.05) is 31.7 Å². The van der Waals surface area contributed by atoms with Crippen molar-refractivity contribution in [2.75, 3.05) is 19.6 Å². The second-order valence-corrected chi connectivity index (χ2v) is 4.29. The maximum atomic E-state index is 11.9. The molecule has 3 unspecified atom stereocenters. The largest absolute Gasteiger partial charge is 0.340 e. The Balaban J connectivity index is 2.51. The highest BCUT2D eigenvalue weighted by Gasteiger charge is 2.26. The molecule has 0 aromatic heterocycles. The number of hydrogen-bond donors (Lipinski definition) is 2. The maximum Gasteiger partial charge on any atom is 0.227 e. The van der Waals surface area contributed by atoms with Gasteiger partial charge in [0.2, 0.25) is 5.91 Å². The van der Waals surface area contributed by atoms with Crippen LogP contribution in [0.25, 0.3) is 0 Å². The Labute approximate surface area is 85.8 Å². The molecule has 0 saturated carbocycles. The zero-order valence-corrected chi connectivity index (χ0v) is 9.29. The maximum absolute atomic E-state index is 11.9. The average Bonchev–Trinajstić information content (AvgIpc) is 2.15. The molecule has 14 heavy (non-hydrogen) atoms. The summed E-state index contributed by atoms with van der Waals surface area (Å²) in [5, 5.41) is 3.31. The molecule has 4 heteroatoms. The third-order valence-electron chi connectivity index (χ3n) is 2.86. The van der Waals surface area contributed by atoms with Crippen molar-refractivity contribution in [3.63, 3.8) is 0 Å². The quantitative estimate of drug-likeness (QED) is 0.647. The molecule has 1 aliphatic rings. The van der Waals surface area contributed by atoms with E-state index in [1.54, 1.807) is 0 Å². The van der Waals surface area contributed by atoms with Crippen LogP contribution in [0.2, 0.25) is 0 Å². The number of nitrogens with one attached hydrogen (secondary N) is 1. The molecule has 1 heterocycles. The predicted molar refractivity (Wildman–Crippen MR) is 56.9 cm³/mol. The van der Waals surface area contributed by atoms with Crippen molar-refractivity contribution in [1.29, 1.82) is 0 Å². The Morgan fingerprint density at radius 1 is 1.57 bits per heavy atom. The lowest BCUT2D eigenvalue weighted by molar-refractivity contribution is -0.136. The highest BCUT2D eigenvalue weighted by Crippen LogP contribution is 2.08. The summed E-state index contributed by atoms with van der Waals surface area (Å²) in [6.07, 6.45) is 0. The molecule has 82 valence electrons. The SMILES string of the molecule is CC1CN(C(=O)C(C)C(C)N)CCN1. The van der Waals surface area contributed by atoms with Gasteiger partial charge in [0.1, 0.15) is 0 Å². The van der Waals surface area contributed by atoms with Gasteiger partial charge in [0.25, 0.3) is 0 Å². The summed E-state index contributed by atoms with van der Waals surface area (Å²) >= 11 is 0. The summed E-state index contributed by atoms with van der Waals surface area (Å²) in [6.45, 7) is 8.37.